The van der Waals surface area contributed by atoms with Crippen LogP contribution < -0.4 is 0 Å². The van der Waals surface area contributed by atoms with E-state index in [2.05, 4.69) is 0 Å². The Hall–Kier alpha value is -1.86. The monoisotopic (exact) mass is 437 g/mol. The Balaban J connectivity index is 1.79. The summed E-state index contributed by atoms with van der Waals surface area (Å²) in [6.07, 6.45) is 1.60. The van der Waals surface area contributed by atoms with Gasteiger partial charge in [0.2, 0.25) is 5.78 Å². The molecule has 0 radical (unpaired) electrons. The van der Waals surface area contributed by atoms with Gasteiger partial charge in [0.05, 0.1) is 22.6 Å². The van der Waals surface area contributed by atoms with Gasteiger partial charge < -0.3 is 14.7 Å². The Bertz CT molecular complexity index is 951. The molecule has 1 saturated heterocycles. The van der Waals surface area contributed by atoms with E-state index in [1.807, 2.05) is 0 Å². The van der Waals surface area contributed by atoms with Gasteiger partial charge in [0.15, 0.2) is 5.76 Å². The molecular formula is C20H17Cl2NO4S. The van der Waals surface area contributed by atoms with Crippen molar-refractivity contribution in [3.05, 3.63) is 67.5 Å². The second kappa shape index (κ2) is 7.87. The van der Waals surface area contributed by atoms with Gasteiger partial charge in [-0.3, -0.25) is 9.59 Å². The minimum Gasteiger partial charge on any atom is -0.503 e. The Morgan fingerprint density at radius 2 is 2.14 bits per heavy atom. The van der Waals surface area contributed by atoms with E-state index in [9.17, 15) is 14.7 Å². The fourth-order valence-electron chi connectivity index (χ4n) is 3.67. The van der Waals surface area contributed by atoms with Crippen molar-refractivity contribution in [2.45, 2.75) is 25.0 Å². The fourth-order valence-corrected chi connectivity index (χ4v) is 4.86. The number of ketones is 1. The number of hydrogen-bond donors (Lipinski definition) is 1. The van der Waals surface area contributed by atoms with Gasteiger partial charge in [0.1, 0.15) is 0 Å². The van der Waals surface area contributed by atoms with E-state index >= 15 is 0 Å². The van der Waals surface area contributed by atoms with Crippen molar-refractivity contribution in [2.24, 2.45) is 0 Å². The highest BCUT2D eigenvalue weighted by Crippen LogP contribution is 2.43. The number of ether oxygens (including phenoxy) is 1. The van der Waals surface area contributed by atoms with E-state index in [1.165, 1.54) is 16.2 Å². The topological polar surface area (TPSA) is 66.8 Å². The quantitative estimate of drug-likeness (QED) is 0.681. The summed E-state index contributed by atoms with van der Waals surface area (Å²) >= 11 is 13.7. The van der Waals surface area contributed by atoms with Crippen LogP contribution in [0.4, 0.5) is 0 Å². The van der Waals surface area contributed by atoms with Crippen LogP contribution in [0.3, 0.4) is 0 Å². The lowest BCUT2D eigenvalue weighted by Crippen LogP contribution is -2.37. The zero-order valence-corrected chi connectivity index (χ0v) is 17.1. The van der Waals surface area contributed by atoms with E-state index in [-0.39, 0.29) is 24.0 Å². The highest BCUT2D eigenvalue weighted by Gasteiger charge is 2.45. The molecule has 0 bridgehead atoms. The predicted octanol–water partition coefficient (Wildman–Crippen LogP) is 4.81. The van der Waals surface area contributed by atoms with Crippen molar-refractivity contribution in [2.75, 3.05) is 13.2 Å². The molecule has 5 nitrogen and oxygen atoms in total. The lowest BCUT2D eigenvalue weighted by atomic mass is 9.95. The summed E-state index contributed by atoms with van der Waals surface area (Å²) in [4.78, 5) is 27.9. The van der Waals surface area contributed by atoms with Crippen LogP contribution in [-0.4, -0.2) is 41.0 Å². The molecule has 2 aliphatic heterocycles. The smallest absolute Gasteiger partial charge is 0.290 e. The number of Topliss-reactive ketones (excluding diaryl/α,β-unsaturated/α-hetero) is 1. The summed E-state index contributed by atoms with van der Waals surface area (Å²) in [6, 6.07) is 7.53. The van der Waals surface area contributed by atoms with Gasteiger partial charge in [0, 0.05) is 23.2 Å². The summed E-state index contributed by atoms with van der Waals surface area (Å²) in [5, 5.41) is 13.2. The number of carbonyl (C=O) groups is 2. The molecule has 0 unspecified atom stereocenters. The van der Waals surface area contributed by atoms with Crippen LogP contribution in [0.15, 0.2) is 47.0 Å². The molecule has 2 aromatic rings. The molecule has 1 N–H and O–H groups in total. The molecule has 8 heteroatoms. The SMILES string of the molecule is O=C(C1=C(O)C(=O)N(C[C@@H]2CCCO2)[C@H]1c1ccc(Cl)cc1Cl)c1cccs1. The molecule has 2 aliphatic rings. The van der Waals surface area contributed by atoms with E-state index < -0.39 is 17.7 Å². The maximum Gasteiger partial charge on any atom is 0.290 e. The maximum atomic E-state index is 13.1. The average Bonchev–Trinajstić information content (AvgIpc) is 3.40. The summed E-state index contributed by atoms with van der Waals surface area (Å²) in [5.41, 5.74) is 0.580. The summed E-state index contributed by atoms with van der Waals surface area (Å²) in [7, 11) is 0. The zero-order chi connectivity index (χ0) is 19.8. The molecule has 1 fully saturated rings. The predicted molar refractivity (Wildman–Crippen MR) is 108 cm³/mol. The highest BCUT2D eigenvalue weighted by atomic mass is 35.5. The van der Waals surface area contributed by atoms with Crippen LogP contribution in [0.5, 0.6) is 0 Å². The normalized spacial score (nSPS) is 22.4. The van der Waals surface area contributed by atoms with Gasteiger partial charge in [-0.1, -0.05) is 35.3 Å². The molecular weight excluding hydrogens is 421 g/mol. The first kappa shape index (κ1) is 19.5. The molecule has 2 atom stereocenters. The molecule has 28 heavy (non-hydrogen) atoms. The number of halogens is 2. The summed E-state index contributed by atoms with van der Waals surface area (Å²) in [5.74, 6) is -1.51. The van der Waals surface area contributed by atoms with Crippen molar-refractivity contribution in [3.63, 3.8) is 0 Å². The summed E-state index contributed by atoms with van der Waals surface area (Å²) in [6.45, 7) is 0.910. The number of nitrogens with zero attached hydrogens (tertiary/aromatic N) is 1. The van der Waals surface area contributed by atoms with E-state index in [0.29, 0.717) is 27.1 Å². The van der Waals surface area contributed by atoms with Crippen molar-refractivity contribution < 1.29 is 19.4 Å². The number of aliphatic hydroxyl groups is 1. The maximum absolute atomic E-state index is 13.1. The third kappa shape index (κ3) is 3.46. The van der Waals surface area contributed by atoms with Crippen LogP contribution in [0.1, 0.15) is 34.1 Å². The second-order valence-corrected chi connectivity index (χ2v) is 8.52. The zero-order valence-electron chi connectivity index (χ0n) is 14.7. The van der Waals surface area contributed by atoms with Crippen molar-refractivity contribution in [3.8, 4) is 0 Å². The average molecular weight is 438 g/mol. The third-order valence-corrected chi connectivity index (χ3v) is 6.41. The van der Waals surface area contributed by atoms with E-state index in [4.69, 9.17) is 27.9 Å². The van der Waals surface area contributed by atoms with Gasteiger partial charge in [0.25, 0.3) is 5.91 Å². The number of carbonyl (C=O) groups excluding carboxylic acids is 2. The van der Waals surface area contributed by atoms with E-state index in [1.54, 1.807) is 35.7 Å². The molecule has 1 aromatic carbocycles. The lowest BCUT2D eigenvalue weighted by molar-refractivity contribution is -0.131. The van der Waals surface area contributed by atoms with Gasteiger partial charge in [-0.15, -0.1) is 11.3 Å². The van der Waals surface area contributed by atoms with Crippen molar-refractivity contribution >= 4 is 46.2 Å². The molecule has 0 saturated carbocycles. The fraction of sp³-hybridized carbons (Fsp3) is 0.300. The van der Waals surface area contributed by atoms with Gasteiger partial charge in [-0.2, -0.15) is 0 Å². The molecule has 0 spiro atoms. The number of thiophene rings is 1. The molecule has 4 rings (SSSR count). The van der Waals surface area contributed by atoms with Crippen LogP contribution in [0.2, 0.25) is 10.0 Å². The van der Waals surface area contributed by atoms with Crippen LogP contribution in [-0.2, 0) is 9.53 Å². The molecule has 146 valence electrons. The lowest BCUT2D eigenvalue weighted by Gasteiger charge is -2.29. The van der Waals surface area contributed by atoms with Crippen LogP contribution in [0, 0.1) is 0 Å². The minimum atomic E-state index is -0.795. The number of hydrogen-bond acceptors (Lipinski definition) is 5. The van der Waals surface area contributed by atoms with Crippen LogP contribution in [0.25, 0.3) is 0 Å². The first-order valence-corrected chi connectivity index (χ1v) is 10.5. The number of benzene rings is 1. The molecule has 1 aromatic heterocycles. The Morgan fingerprint density at radius 1 is 1.32 bits per heavy atom. The first-order valence-electron chi connectivity index (χ1n) is 8.86. The van der Waals surface area contributed by atoms with Crippen LogP contribution >= 0.6 is 34.5 Å². The largest absolute Gasteiger partial charge is 0.503 e. The number of rotatable bonds is 5. The molecule has 1 amide bonds. The second-order valence-electron chi connectivity index (χ2n) is 6.73. The summed E-state index contributed by atoms with van der Waals surface area (Å²) < 4.78 is 5.67. The van der Waals surface area contributed by atoms with Crippen molar-refractivity contribution in [1.82, 2.24) is 4.90 Å². The van der Waals surface area contributed by atoms with E-state index in [0.717, 1.165) is 12.8 Å². The Labute approximate surface area is 176 Å². The number of aliphatic hydroxyl groups excluding tert-OH is 1. The first-order chi connectivity index (χ1) is 13.5. The Morgan fingerprint density at radius 3 is 2.79 bits per heavy atom. The highest BCUT2D eigenvalue weighted by molar-refractivity contribution is 7.12. The molecule has 3 heterocycles. The Kier molecular flexibility index (Phi) is 5.47. The minimum absolute atomic E-state index is 0.0367. The van der Waals surface area contributed by atoms with Gasteiger partial charge in [-0.25, -0.2) is 0 Å². The number of amides is 1. The van der Waals surface area contributed by atoms with Gasteiger partial charge >= 0.3 is 0 Å². The van der Waals surface area contributed by atoms with Gasteiger partial charge in [-0.05, 0) is 42.0 Å². The molecule has 0 aliphatic carbocycles. The standard InChI is InChI=1S/C20H17Cl2NO4S/c21-11-5-6-13(14(22)9-11)17-16(18(24)15-4-2-8-28-15)19(25)20(26)23(17)10-12-3-1-7-27-12/h2,4-6,8-9,12,17,25H,1,3,7,10H2/t12-,17-/m0/s1. The van der Waals surface area contributed by atoms with Crippen molar-refractivity contribution in [1.29, 1.82) is 0 Å². The third-order valence-electron chi connectivity index (χ3n) is 4.97.